The molecule has 4 N–H and O–H groups in total. The van der Waals surface area contributed by atoms with E-state index in [0.29, 0.717) is 6.54 Å². The molecule has 0 bridgehead atoms. The number of carbonyl (C=O) groups excluding carboxylic acids is 1. The van der Waals surface area contributed by atoms with Gasteiger partial charge in [0.15, 0.2) is 0 Å². The maximum atomic E-state index is 10.3. The first-order valence-corrected chi connectivity index (χ1v) is 4.22. The van der Waals surface area contributed by atoms with Gasteiger partial charge in [-0.25, -0.2) is 0 Å². The Bertz CT molecular complexity index is 189. The molecule has 1 aliphatic rings. The van der Waals surface area contributed by atoms with E-state index in [2.05, 4.69) is 10.6 Å². The largest absolute Gasteiger partial charge is 0.481 e. The van der Waals surface area contributed by atoms with Crippen LogP contribution in [0.5, 0.6) is 0 Å². The number of carbonyl (C=O) groups is 3. The van der Waals surface area contributed by atoms with Crippen molar-refractivity contribution in [2.24, 2.45) is 0 Å². The second-order valence-electron chi connectivity index (χ2n) is 2.56. The molecule has 0 aromatic carbocycles. The molecule has 7 heteroatoms. The summed E-state index contributed by atoms with van der Waals surface area (Å²) in [6, 6.07) is 0. The number of aliphatic carboxylic acids is 2. The topological polar surface area (TPSA) is 116 Å². The lowest BCUT2D eigenvalue weighted by molar-refractivity contribution is -0.135. The zero-order valence-electron chi connectivity index (χ0n) is 8.74. The van der Waals surface area contributed by atoms with Gasteiger partial charge in [-0.15, -0.1) is 0 Å². The molecule has 1 fully saturated rings. The van der Waals surface area contributed by atoms with Gasteiger partial charge in [0, 0.05) is 26.9 Å². The molecule has 0 radical (unpaired) electrons. The maximum absolute atomic E-state index is 10.3. The third kappa shape index (κ3) is 32.8. The zero-order valence-corrected chi connectivity index (χ0v) is 8.74. The molecule has 0 aromatic rings. The highest BCUT2D eigenvalue weighted by Gasteiger charge is 2.02. The Kier molecular flexibility index (Phi) is 11.0. The van der Waals surface area contributed by atoms with Crippen LogP contribution < -0.4 is 10.6 Å². The van der Waals surface area contributed by atoms with Gasteiger partial charge in [0.25, 0.3) is 11.9 Å². The molecule has 7 nitrogen and oxygen atoms in total. The Balaban J connectivity index is 0. The van der Waals surface area contributed by atoms with Crippen molar-refractivity contribution in [3.8, 4) is 0 Å². The molecule has 1 aliphatic heterocycles. The summed E-state index contributed by atoms with van der Waals surface area (Å²) in [4.78, 5) is 28.3. The number of hydrogen-bond acceptors (Lipinski definition) is 4. The molecule has 0 unspecified atom stereocenters. The Morgan fingerprint density at radius 2 is 1.53 bits per heavy atom. The predicted octanol–water partition coefficient (Wildman–Crippen LogP) is -1.11. The van der Waals surface area contributed by atoms with Crippen molar-refractivity contribution in [1.82, 2.24) is 10.6 Å². The van der Waals surface area contributed by atoms with Crippen molar-refractivity contribution < 1.29 is 24.6 Å². The summed E-state index contributed by atoms with van der Waals surface area (Å²) in [7, 11) is 0. The fourth-order valence-electron chi connectivity index (χ4n) is 0.555. The molecule has 0 spiro atoms. The average Bonchev–Trinajstić information content (AvgIpc) is 2.03. The first-order valence-electron chi connectivity index (χ1n) is 4.22. The van der Waals surface area contributed by atoms with Crippen molar-refractivity contribution in [2.45, 2.75) is 13.8 Å². The van der Waals surface area contributed by atoms with E-state index in [1.165, 1.54) is 0 Å². The minimum Gasteiger partial charge on any atom is -0.481 e. The number of carboxylic acid groups (broad SMARTS) is 2. The van der Waals surface area contributed by atoms with E-state index in [1.807, 2.05) is 0 Å². The standard InChI is InChI=1S/C4H8N2O.2C2H4O2/c7-4-3-5-1-2-6-4;2*1-2(3)4/h5H,1-3H2,(H,6,7);2*1H3,(H,3,4). The average molecular weight is 220 g/mol. The van der Waals surface area contributed by atoms with Gasteiger partial charge in [-0.2, -0.15) is 0 Å². The van der Waals surface area contributed by atoms with Crippen LogP contribution in [0.1, 0.15) is 13.8 Å². The summed E-state index contributed by atoms with van der Waals surface area (Å²) in [5, 5.41) is 20.4. The van der Waals surface area contributed by atoms with Crippen molar-refractivity contribution in [3.63, 3.8) is 0 Å². The second-order valence-corrected chi connectivity index (χ2v) is 2.56. The van der Waals surface area contributed by atoms with E-state index in [0.717, 1.165) is 26.9 Å². The summed E-state index contributed by atoms with van der Waals surface area (Å²) >= 11 is 0. The van der Waals surface area contributed by atoms with Crippen LogP contribution in [0.15, 0.2) is 0 Å². The third-order valence-corrected chi connectivity index (χ3v) is 0.910. The molecule has 1 rings (SSSR count). The van der Waals surface area contributed by atoms with Crippen LogP contribution in [0.3, 0.4) is 0 Å². The van der Waals surface area contributed by atoms with Crippen molar-refractivity contribution in [3.05, 3.63) is 0 Å². The molecule has 0 atom stereocenters. The zero-order chi connectivity index (χ0) is 12.3. The van der Waals surface area contributed by atoms with Gasteiger partial charge in [0.2, 0.25) is 5.91 Å². The number of rotatable bonds is 0. The Labute approximate surface area is 87.5 Å². The molecule has 1 amide bonds. The number of carboxylic acids is 2. The Morgan fingerprint density at radius 3 is 1.67 bits per heavy atom. The van der Waals surface area contributed by atoms with Gasteiger partial charge < -0.3 is 20.8 Å². The first kappa shape index (κ1) is 15.8. The molecule has 1 heterocycles. The number of nitrogens with one attached hydrogen (secondary N) is 2. The SMILES string of the molecule is CC(=O)O.CC(=O)O.O=C1CNCCN1. The van der Waals surface area contributed by atoms with Crippen LogP contribution in [-0.2, 0) is 14.4 Å². The van der Waals surface area contributed by atoms with Gasteiger partial charge in [-0.3, -0.25) is 14.4 Å². The maximum Gasteiger partial charge on any atom is 0.300 e. The fourth-order valence-corrected chi connectivity index (χ4v) is 0.555. The van der Waals surface area contributed by atoms with Crippen LogP contribution in [0.25, 0.3) is 0 Å². The van der Waals surface area contributed by atoms with E-state index in [-0.39, 0.29) is 5.91 Å². The smallest absolute Gasteiger partial charge is 0.300 e. The van der Waals surface area contributed by atoms with Crippen LogP contribution in [0.2, 0.25) is 0 Å². The Morgan fingerprint density at radius 1 is 1.13 bits per heavy atom. The highest BCUT2D eigenvalue weighted by atomic mass is 16.4. The van der Waals surface area contributed by atoms with E-state index < -0.39 is 11.9 Å². The fraction of sp³-hybridized carbons (Fsp3) is 0.625. The lowest BCUT2D eigenvalue weighted by Crippen LogP contribution is -2.44. The summed E-state index contributed by atoms with van der Waals surface area (Å²) in [6.45, 7) is 4.34. The highest BCUT2D eigenvalue weighted by molar-refractivity contribution is 5.78. The summed E-state index contributed by atoms with van der Waals surface area (Å²) in [5.41, 5.74) is 0. The van der Waals surface area contributed by atoms with Crippen LogP contribution in [0.4, 0.5) is 0 Å². The number of piperazine rings is 1. The van der Waals surface area contributed by atoms with E-state index in [4.69, 9.17) is 19.8 Å². The summed E-state index contributed by atoms with van der Waals surface area (Å²) < 4.78 is 0. The van der Waals surface area contributed by atoms with E-state index in [9.17, 15) is 4.79 Å². The molecule has 0 aromatic heterocycles. The molecule has 15 heavy (non-hydrogen) atoms. The van der Waals surface area contributed by atoms with Crippen LogP contribution in [0, 0.1) is 0 Å². The molecule has 1 saturated heterocycles. The lowest BCUT2D eigenvalue weighted by Gasteiger charge is -2.11. The minimum absolute atomic E-state index is 0.103. The molecular weight excluding hydrogens is 204 g/mol. The predicted molar refractivity (Wildman–Crippen MR) is 52.5 cm³/mol. The quantitative estimate of drug-likeness (QED) is 0.411. The van der Waals surface area contributed by atoms with Crippen molar-refractivity contribution in [1.29, 1.82) is 0 Å². The number of hydrogen-bond donors (Lipinski definition) is 4. The Hall–Kier alpha value is -1.63. The monoisotopic (exact) mass is 220 g/mol. The molecule has 88 valence electrons. The van der Waals surface area contributed by atoms with Crippen molar-refractivity contribution >= 4 is 17.8 Å². The van der Waals surface area contributed by atoms with Crippen molar-refractivity contribution in [2.75, 3.05) is 19.6 Å². The summed E-state index contributed by atoms with van der Waals surface area (Å²) in [5.74, 6) is -1.56. The van der Waals surface area contributed by atoms with Gasteiger partial charge in [0.1, 0.15) is 0 Å². The van der Waals surface area contributed by atoms with Gasteiger partial charge in [-0.1, -0.05) is 0 Å². The van der Waals surface area contributed by atoms with Gasteiger partial charge >= 0.3 is 0 Å². The third-order valence-electron chi connectivity index (χ3n) is 0.910. The first-order chi connectivity index (χ1) is 6.86. The molecule has 0 saturated carbocycles. The normalized spacial score (nSPS) is 13.3. The molecular formula is C8H16N2O5. The van der Waals surface area contributed by atoms with Crippen LogP contribution >= 0.6 is 0 Å². The van der Waals surface area contributed by atoms with E-state index >= 15 is 0 Å². The summed E-state index contributed by atoms with van der Waals surface area (Å²) in [6.07, 6.45) is 0. The van der Waals surface area contributed by atoms with Crippen LogP contribution in [-0.4, -0.2) is 47.7 Å². The van der Waals surface area contributed by atoms with Gasteiger partial charge in [-0.05, 0) is 0 Å². The lowest BCUT2D eigenvalue weighted by atomic mass is 10.4. The van der Waals surface area contributed by atoms with Gasteiger partial charge in [0.05, 0.1) is 6.54 Å². The number of amides is 1. The minimum atomic E-state index is -0.833. The highest BCUT2D eigenvalue weighted by Crippen LogP contribution is 1.69. The molecule has 0 aliphatic carbocycles. The second kappa shape index (κ2) is 10.5. The van der Waals surface area contributed by atoms with E-state index in [1.54, 1.807) is 0 Å².